The van der Waals surface area contributed by atoms with E-state index in [2.05, 4.69) is 0 Å². The van der Waals surface area contributed by atoms with Crippen LogP contribution in [0.4, 0.5) is 0 Å². The normalized spacial score (nSPS) is 14.3. The van der Waals surface area contributed by atoms with Crippen molar-refractivity contribution in [3.63, 3.8) is 0 Å². The Bertz CT molecular complexity index is 1150. The van der Waals surface area contributed by atoms with Crippen LogP contribution in [0.25, 0.3) is 11.0 Å². The SMILES string of the molecule is O=C1c2c(Cl)c(Cl)c(Cl)c(Cl)c2C(=O)C1c1cc2ccccc2oc1=O. The summed E-state index contributed by atoms with van der Waals surface area (Å²) < 4.78 is 5.23. The Labute approximate surface area is 166 Å². The number of rotatable bonds is 1. The van der Waals surface area contributed by atoms with Crippen molar-refractivity contribution in [1.82, 2.24) is 0 Å². The van der Waals surface area contributed by atoms with Gasteiger partial charge in [-0.1, -0.05) is 64.6 Å². The fourth-order valence-electron chi connectivity index (χ4n) is 3.06. The molecule has 8 heteroatoms. The van der Waals surface area contributed by atoms with Crippen molar-refractivity contribution in [2.45, 2.75) is 5.92 Å². The first kappa shape index (κ1) is 17.6. The molecule has 2 aromatic carbocycles. The van der Waals surface area contributed by atoms with Gasteiger partial charge >= 0.3 is 5.63 Å². The summed E-state index contributed by atoms with van der Waals surface area (Å²) in [6, 6.07) is 8.22. The van der Waals surface area contributed by atoms with E-state index in [1.807, 2.05) is 0 Å². The molecule has 1 heterocycles. The predicted octanol–water partition coefficient (Wildman–Crippen LogP) is 5.57. The third-order valence-electron chi connectivity index (χ3n) is 4.26. The van der Waals surface area contributed by atoms with Crippen LogP contribution in [0.5, 0.6) is 0 Å². The van der Waals surface area contributed by atoms with Gasteiger partial charge in [-0.15, -0.1) is 0 Å². The summed E-state index contributed by atoms with van der Waals surface area (Å²) in [6.07, 6.45) is 0. The minimum atomic E-state index is -1.41. The van der Waals surface area contributed by atoms with Crippen LogP contribution >= 0.6 is 46.4 Å². The molecular weight excluding hydrogens is 422 g/mol. The van der Waals surface area contributed by atoms with Gasteiger partial charge in [0, 0.05) is 5.39 Å². The number of hydrogen-bond acceptors (Lipinski definition) is 4. The number of carbonyl (C=O) groups is 2. The third kappa shape index (κ3) is 2.33. The molecule has 0 saturated carbocycles. The minimum absolute atomic E-state index is 0.0886. The van der Waals surface area contributed by atoms with E-state index in [1.54, 1.807) is 24.3 Å². The molecule has 26 heavy (non-hydrogen) atoms. The van der Waals surface area contributed by atoms with Gasteiger partial charge in [0.1, 0.15) is 11.5 Å². The number of para-hydroxylation sites is 1. The Morgan fingerprint density at radius 1 is 0.769 bits per heavy atom. The maximum atomic E-state index is 12.9. The van der Waals surface area contributed by atoms with Crippen LogP contribution in [0, 0.1) is 0 Å². The van der Waals surface area contributed by atoms with Gasteiger partial charge < -0.3 is 4.42 Å². The van der Waals surface area contributed by atoms with E-state index in [-0.39, 0.29) is 36.8 Å². The standard InChI is InChI=1S/C18H6Cl4O4/c19-12-10-11(13(20)15(22)14(12)21)17(24)9(16(10)23)7-5-6-3-1-2-4-8(6)26-18(7)25/h1-5,9H. The number of Topliss-reactive ketones (excluding diaryl/α,β-unsaturated/α-hetero) is 2. The van der Waals surface area contributed by atoms with Crippen LogP contribution in [-0.4, -0.2) is 11.6 Å². The largest absolute Gasteiger partial charge is 0.423 e. The summed E-state index contributed by atoms with van der Waals surface area (Å²) in [5.74, 6) is -2.74. The minimum Gasteiger partial charge on any atom is -0.423 e. The molecule has 1 aliphatic carbocycles. The second-order valence-corrected chi connectivity index (χ2v) is 7.21. The number of ketones is 2. The van der Waals surface area contributed by atoms with Crippen LogP contribution in [-0.2, 0) is 0 Å². The summed E-state index contributed by atoms with van der Waals surface area (Å²) in [5, 5.41) is 0.00459. The fraction of sp³-hybridized carbons (Fsp3) is 0.0556. The fourth-order valence-corrected chi connectivity index (χ4v) is 4.10. The number of halogens is 4. The maximum absolute atomic E-state index is 12.9. The van der Waals surface area contributed by atoms with E-state index in [4.69, 9.17) is 50.8 Å². The second kappa shape index (κ2) is 6.10. The molecule has 1 aromatic heterocycles. The Hall–Kier alpha value is -1.85. The molecule has 0 aliphatic heterocycles. The van der Waals surface area contributed by atoms with Crippen molar-refractivity contribution < 1.29 is 14.0 Å². The summed E-state index contributed by atoms with van der Waals surface area (Å²) in [6.45, 7) is 0. The lowest BCUT2D eigenvalue weighted by atomic mass is 9.95. The third-order valence-corrected chi connectivity index (χ3v) is 6.07. The van der Waals surface area contributed by atoms with Gasteiger partial charge in [0.05, 0.1) is 36.8 Å². The zero-order valence-corrected chi connectivity index (χ0v) is 15.6. The first-order chi connectivity index (χ1) is 12.3. The highest BCUT2D eigenvalue weighted by atomic mass is 35.5. The van der Waals surface area contributed by atoms with Crippen LogP contribution in [0.2, 0.25) is 20.1 Å². The molecule has 0 saturated heterocycles. The van der Waals surface area contributed by atoms with Crippen molar-refractivity contribution in [3.8, 4) is 0 Å². The van der Waals surface area contributed by atoms with Crippen molar-refractivity contribution in [3.05, 3.63) is 77.5 Å². The average molecular weight is 428 g/mol. The second-order valence-electron chi connectivity index (χ2n) is 5.69. The monoisotopic (exact) mass is 426 g/mol. The zero-order chi connectivity index (χ0) is 18.7. The number of hydrogen-bond donors (Lipinski definition) is 0. The van der Waals surface area contributed by atoms with E-state index < -0.39 is 23.1 Å². The molecule has 3 aromatic rings. The van der Waals surface area contributed by atoms with Crippen molar-refractivity contribution >= 4 is 68.9 Å². The van der Waals surface area contributed by atoms with Gasteiger partial charge in [-0.2, -0.15) is 0 Å². The molecule has 0 radical (unpaired) electrons. The van der Waals surface area contributed by atoms with Crippen molar-refractivity contribution in [2.24, 2.45) is 0 Å². The summed E-state index contributed by atoms with van der Waals surface area (Å²) in [5.41, 5.74) is -0.789. The summed E-state index contributed by atoms with van der Waals surface area (Å²) in [7, 11) is 0. The van der Waals surface area contributed by atoms with Crippen molar-refractivity contribution in [1.29, 1.82) is 0 Å². The molecular formula is C18H6Cl4O4. The highest BCUT2D eigenvalue weighted by Gasteiger charge is 2.45. The lowest BCUT2D eigenvalue weighted by molar-refractivity contribution is 0.0888. The van der Waals surface area contributed by atoms with Crippen LogP contribution in [0.1, 0.15) is 32.2 Å². The zero-order valence-electron chi connectivity index (χ0n) is 12.6. The first-order valence-corrected chi connectivity index (χ1v) is 8.81. The van der Waals surface area contributed by atoms with Crippen LogP contribution in [0.3, 0.4) is 0 Å². The quantitative estimate of drug-likeness (QED) is 0.220. The number of benzene rings is 2. The van der Waals surface area contributed by atoms with E-state index in [0.29, 0.717) is 11.0 Å². The Morgan fingerprint density at radius 3 is 1.88 bits per heavy atom. The lowest BCUT2D eigenvalue weighted by Gasteiger charge is -2.07. The van der Waals surface area contributed by atoms with E-state index >= 15 is 0 Å². The van der Waals surface area contributed by atoms with Gasteiger partial charge in [0.2, 0.25) is 0 Å². The van der Waals surface area contributed by atoms with Gasteiger partial charge in [-0.3, -0.25) is 9.59 Å². The van der Waals surface area contributed by atoms with Crippen molar-refractivity contribution in [2.75, 3.05) is 0 Å². The van der Waals surface area contributed by atoms with Gasteiger partial charge in [-0.05, 0) is 12.1 Å². The number of carbonyl (C=O) groups excluding carboxylic acids is 2. The highest BCUT2D eigenvalue weighted by molar-refractivity contribution is 6.55. The molecule has 0 atom stereocenters. The molecule has 4 rings (SSSR count). The topological polar surface area (TPSA) is 64.3 Å². The smallest absolute Gasteiger partial charge is 0.340 e. The number of fused-ring (bicyclic) bond motifs is 2. The van der Waals surface area contributed by atoms with Crippen LogP contribution in [0.15, 0.2) is 39.5 Å². The maximum Gasteiger partial charge on any atom is 0.340 e. The summed E-state index contributed by atoms with van der Waals surface area (Å²) in [4.78, 5) is 38.1. The molecule has 1 aliphatic rings. The van der Waals surface area contributed by atoms with E-state index in [9.17, 15) is 14.4 Å². The Morgan fingerprint density at radius 2 is 1.31 bits per heavy atom. The molecule has 0 amide bonds. The Balaban J connectivity index is 1.98. The predicted molar refractivity (Wildman–Crippen MR) is 100 cm³/mol. The summed E-state index contributed by atoms with van der Waals surface area (Å²) >= 11 is 24.2. The lowest BCUT2D eigenvalue weighted by Crippen LogP contribution is -2.21. The molecule has 0 unspecified atom stereocenters. The van der Waals surface area contributed by atoms with E-state index in [1.165, 1.54) is 6.07 Å². The molecule has 0 bridgehead atoms. The molecule has 0 spiro atoms. The molecule has 130 valence electrons. The van der Waals surface area contributed by atoms with Gasteiger partial charge in [0.15, 0.2) is 11.6 Å². The average Bonchev–Trinajstić information content (AvgIpc) is 2.88. The Kier molecular flexibility index (Phi) is 4.12. The van der Waals surface area contributed by atoms with Crippen LogP contribution < -0.4 is 5.63 Å². The van der Waals surface area contributed by atoms with Gasteiger partial charge in [0.25, 0.3) is 0 Å². The van der Waals surface area contributed by atoms with E-state index in [0.717, 1.165) is 0 Å². The molecule has 4 nitrogen and oxygen atoms in total. The van der Waals surface area contributed by atoms with Gasteiger partial charge in [-0.25, -0.2) is 4.79 Å². The first-order valence-electron chi connectivity index (χ1n) is 7.30. The molecule has 0 N–H and O–H groups in total. The molecule has 0 fully saturated rings. The highest BCUT2D eigenvalue weighted by Crippen LogP contribution is 2.47.